The molecule has 5 heteroatoms. The minimum atomic E-state index is 0.777. The molecule has 0 bridgehead atoms. The van der Waals surface area contributed by atoms with Crippen LogP contribution >= 0.6 is 0 Å². The van der Waals surface area contributed by atoms with Gasteiger partial charge in [-0.05, 0) is 18.2 Å². The van der Waals surface area contributed by atoms with Gasteiger partial charge in [0, 0.05) is 12.4 Å². The van der Waals surface area contributed by atoms with Crippen LogP contribution in [0, 0.1) is 0 Å². The maximum atomic E-state index is 4.20. The van der Waals surface area contributed by atoms with Crippen LogP contribution in [0.2, 0.25) is 0 Å². The van der Waals surface area contributed by atoms with E-state index in [1.54, 1.807) is 12.4 Å². The summed E-state index contributed by atoms with van der Waals surface area (Å²) in [4.78, 5) is 15.4. The maximum Gasteiger partial charge on any atom is 0.143 e. The van der Waals surface area contributed by atoms with Gasteiger partial charge in [0.1, 0.15) is 17.8 Å². The molecule has 0 aromatic carbocycles. The fourth-order valence-electron chi connectivity index (χ4n) is 1.55. The fourth-order valence-corrected chi connectivity index (χ4v) is 1.55. The molecule has 3 aromatic rings. The van der Waals surface area contributed by atoms with Crippen LogP contribution in [0.15, 0.2) is 43.1 Å². The van der Waals surface area contributed by atoms with E-state index in [0.717, 1.165) is 22.5 Å². The van der Waals surface area contributed by atoms with Crippen molar-refractivity contribution in [2.45, 2.75) is 0 Å². The van der Waals surface area contributed by atoms with Gasteiger partial charge in [-0.15, -0.1) is 0 Å². The molecule has 0 amide bonds. The molecule has 2 N–H and O–H groups in total. The third-order valence-corrected chi connectivity index (χ3v) is 2.28. The van der Waals surface area contributed by atoms with Gasteiger partial charge in [0.25, 0.3) is 0 Å². The van der Waals surface area contributed by atoms with Gasteiger partial charge < -0.3 is 10.3 Å². The van der Waals surface area contributed by atoms with Crippen molar-refractivity contribution in [2.75, 3.05) is 5.32 Å². The van der Waals surface area contributed by atoms with Crippen molar-refractivity contribution < 1.29 is 0 Å². The number of anilines is 2. The molecule has 5 nitrogen and oxygen atoms in total. The molecule has 0 fully saturated rings. The Labute approximate surface area is 91.6 Å². The molecule has 0 unspecified atom stereocenters. The molecule has 16 heavy (non-hydrogen) atoms. The number of fused-ring (bicyclic) bond motifs is 1. The standard InChI is InChI=1S/C11H9N5/c1-2-8(6-12-4-1)16-11-9-3-5-13-10(9)14-7-15-11/h1-7H,(H2,13,14,15,16). The van der Waals surface area contributed by atoms with Crippen molar-refractivity contribution in [1.82, 2.24) is 19.9 Å². The van der Waals surface area contributed by atoms with Gasteiger partial charge in [0.15, 0.2) is 0 Å². The first kappa shape index (κ1) is 8.84. The zero-order chi connectivity index (χ0) is 10.8. The number of aromatic amines is 1. The Morgan fingerprint density at radius 1 is 1.19 bits per heavy atom. The Bertz CT molecular complexity index is 602. The van der Waals surface area contributed by atoms with Gasteiger partial charge in [-0.1, -0.05) is 0 Å². The van der Waals surface area contributed by atoms with Crippen LogP contribution < -0.4 is 5.32 Å². The summed E-state index contributed by atoms with van der Waals surface area (Å²) >= 11 is 0. The van der Waals surface area contributed by atoms with E-state index in [1.165, 1.54) is 6.33 Å². The van der Waals surface area contributed by atoms with Gasteiger partial charge in [-0.25, -0.2) is 9.97 Å². The Hall–Kier alpha value is -2.43. The Morgan fingerprint density at radius 2 is 2.19 bits per heavy atom. The van der Waals surface area contributed by atoms with Gasteiger partial charge in [0.2, 0.25) is 0 Å². The van der Waals surface area contributed by atoms with E-state index in [9.17, 15) is 0 Å². The van der Waals surface area contributed by atoms with E-state index in [4.69, 9.17) is 0 Å². The summed E-state index contributed by atoms with van der Waals surface area (Å²) in [6, 6.07) is 5.75. The third kappa shape index (κ3) is 1.48. The topological polar surface area (TPSA) is 66.5 Å². The molecule has 0 spiro atoms. The van der Waals surface area contributed by atoms with Gasteiger partial charge >= 0.3 is 0 Å². The fraction of sp³-hybridized carbons (Fsp3) is 0. The van der Waals surface area contributed by atoms with E-state index < -0.39 is 0 Å². The largest absolute Gasteiger partial charge is 0.346 e. The summed E-state index contributed by atoms with van der Waals surface area (Å²) in [5.74, 6) is 0.777. The van der Waals surface area contributed by atoms with Crippen LogP contribution in [0.3, 0.4) is 0 Å². The van der Waals surface area contributed by atoms with E-state index >= 15 is 0 Å². The second kappa shape index (κ2) is 3.62. The number of pyridine rings is 1. The summed E-state index contributed by atoms with van der Waals surface area (Å²) in [6.07, 6.45) is 6.85. The zero-order valence-corrected chi connectivity index (χ0v) is 8.38. The van der Waals surface area contributed by atoms with Crippen molar-refractivity contribution >= 4 is 22.5 Å². The van der Waals surface area contributed by atoms with Gasteiger partial charge in [0.05, 0.1) is 17.3 Å². The second-order valence-electron chi connectivity index (χ2n) is 3.33. The molecular weight excluding hydrogens is 202 g/mol. The molecule has 0 radical (unpaired) electrons. The first-order valence-electron chi connectivity index (χ1n) is 4.88. The lowest BCUT2D eigenvalue weighted by atomic mass is 10.3. The highest BCUT2D eigenvalue weighted by Crippen LogP contribution is 2.20. The molecule has 0 aliphatic heterocycles. The highest BCUT2D eigenvalue weighted by Gasteiger charge is 2.03. The van der Waals surface area contributed by atoms with Crippen LogP contribution in [-0.2, 0) is 0 Å². The first-order valence-corrected chi connectivity index (χ1v) is 4.88. The smallest absolute Gasteiger partial charge is 0.143 e. The summed E-state index contributed by atoms with van der Waals surface area (Å²) in [5.41, 5.74) is 1.73. The Kier molecular flexibility index (Phi) is 2.00. The number of H-pyrrole nitrogens is 1. The Morgan fingerprint density at radius 3 is 3.06 bits per heavy atom. The number of rotatable bonds is 2. The Balaban J connectivity index is 2.04. The second-order valence-corrected chi connectivity index (χ2v) is 3.33. The predicted molar refractivity (Wildman–Crippen MR) is 61.4 cm³/mol. The summed E-state index contributed by atoms with van der Waals surface area (Å²) in [6.45, 7) is 0. The molecule has 3 heterocycles. The maximum absolute atomic E-state index is 4.20. The summed E-state index contributed by atoms with van der Waals surface area (Å²) in [5, 5.41) is 4.16. The zero-order valence-electron chi connectivity index (χ0n) is 8.38. The molecule has 78 valence electrons. The van der Waals surface area contributed by atoms with Crippen molar-refractivity contribution in [3.8, 4) is 0 Å². The number of hydrogen-bond acceptors (Lipinski definition) is 4. The highest BCUT2D eigenvalue weighted by molar-refractivity contribution is 5.88. The lowest BCUT2D eigenvalue weighted by Crippen LogP contribution is -1.95. The molecule has 0 saturated heterocycles. The number of nitrogens with zero attached hydrogens (tertiary/aromatic N) is 3. The van der Waals surface area contributed by atoms with E-state index in [-0.39, 0.29) is 0 Å². The minimum absolute atomic E-state index is 0.777. The third-order valence-electron chi connectivity index (χ3n) is 2.28. The van der Waals surface area contributed by atoms with Crippen LogP contribution in [0.1, 0.15) is 0 Å². The predicted octanol–water partition coefficient (Wildman–Crippen LogP) is 2.10. The van der Waals surface area contributed by atoms with E-state index in [0.29, 0.717) is 0 Å². The molecule has 0 atom stereocenters. The SMILES string of the molecule is c1cncc(Nc2ncnc3[nH]ccc23)c1. The quantitative estimate of drug-likeness (QED) is 0.681. The number of hydrogen-bond donors (Lipinski definition) is 2. The average Bonchev–Trinajstić information content (AvgIpc) is 2.80. The monoisotopic (exact) mass is 211 g/mol. The first-order chi connectivity index (χ1) is 7.93. The molecule has 0 saturated carbocycles. The average molecular weight is 211 g/mol. The van der Waals surface area contributed by atoms with Crippen molar-refractivity contribution in [1.29, 1.82) is 0 Å². The molecule has 3 aromatic heterocycles. The van der Waals surface area contributed by atoms with Gasteiger partial charge in [-0.2, -0.15) is 0 Å². The van der Waals surface area contributed by atoms with Gasteiger partial charge in [-0.3, -0.25) is 4.98 Å². The highest BCUT2D eigenvalue weighted by atomic mass is 15.0. The summed E-state index contributed by atoms with van der Waals surface area (Å²) in [7, 11) is 0. The number of nitrogens with one attached hydrogen (secondary N) is 2. The molecule has 0 aliphatic rings. The van der Waals surface area contributed by atoms with Crippen molar-refractivity contribution in [2.24, 2.45) is 0 Å². The molecule has 3 rings (SSSR count). The minimum Gasteiger partial charge on any atom is -0.346 e. The normalized spacial score (nSPS) is 10.5. The van der Waals surface area contributed by atoms with Crippen LogP contribution in [0.5, 0.6) is 0 Å². The van der Waals surface area contributed by atoms with Crippen molar-refractivity contribution in [3.63, 3.8) is 0 Å². The lowest BCUT2D eigenvalue weighted by Gasteiger charge is -2.04. The van der Waals surface area contributed by atoms with Crippen LogP contribution in [-0.4, -0.2) is 19.9 Å². The molecular formula is C11H9N5. The molecule has 0 aliphatic carbocycles. The van der Waals surface area contributed by atoms with E-state index in [1.807, 2.05) is 24.4 Å². The number of aromatic nitrogens is 4. The van der Waals surface area contributed by atoms with Crippen molar-refractivity contribution in [3.05, 3.63) is 43.1 Å². The van der Waals surface area contributed by atoms with Crippen LogP contribution in [0.25, 0.3) is 11.0 Å². The lowest BCUT2D eigenvalue weighted by molar-refractivity contribution is 1.19. The van der Waals surface area contributed by atoms with E-state index in [2.05, 4.69) is 25.3 Å². The van der Waals surface area contributed by atoms with Crippen LogP contribution in [0.4, 0.5) is 11.5 Å². The summed E-state index contributed by atoms with van der Waals surface area (Å²) < 4.78 is 0.